The second kappa shape index (κ2) is 5.54. The van der Waals surface area contributed by atoms with Crippen molar-refractivity contribution in [1.82, 2.24) is 5.32 Å². The molecule has 1 aromatic rings. The fourth-order valence-electron chi connectivity index (χ4n) is 3.51. The predicted octanol–water partition coefficient (Wildman–Crippen LogP) is 3.62. The summed E-state index contributed by atoms with van der Waals surface area (Å²) in [6.45, 7) is 4.09. The number of rotatable bonds is 1. The van der Waals surface area contributed by atoms with Gasteiger partial charge in [0.2, 0.25) is 0 Å². The van der Waals surface area contributed by atoms with Gasteiger partial charge in [0.15, 0.2) is 5.78 Å². The minimum Gasteiger partial charge on any atom is -0.352 e. The number of carbonyl (C=O) groups is 1. The number of nitriles is 1. The second-order valence-electron chi connectivity index (χ2n) is 6.96. The number of Topliss-reactive ketones (excluding diaryl/α,β-unsaturated/α-hetero) is 1. The number of ketones is 1. The molecule has 2 atom stereocenters. The van der Waals surface area contributed by atoms with E-state index in [0.29, 0.717) is 23.4 Å². The Morgan fingerprint density at radius 2 is 1.96 bits per heavy atom. The Balaban J connectivity index is 2.16. The van der Waals surface area contributed by atoms with Crippen molar-refractivity contribution < 1.29 is 9.18 Å². The summed E-state index contributed by atoms with van der Waals surface area (Å²) in [4.78, 5) is 13.2. The van der Waals surface area contributed by atoms with Crippen LogP contribution in [0.1, 0.15) is 38.2 Å². The standard InChI is InChI=1S/C18H17FN2OS/c1-18(2)7-13-16(14(22)8-18)15(12(9-20)17(23)21-13)10-3-5-11(19)6-4-10/h3-6,12,15H,7-8H2,1-2H3,(H,21,23)/t12-,15-/m0/s1. The molecule has 23 heavy (non-hydrogen) atoms. The maximum absolute atomic E-state index is 13.2. The Kier molecular flexibility index (Phi) is 3.81. The zero-order valence-corrected chi connectivity index (χ0v) is 13.8. The summed E-state index contributed by atoms with van der Waals surface area (Å²) >= 11 is 5.36. The van der Waals surface area contributed by atoms with Gasteiger partial charge >= 0.3 is 0 Å². The van der Waals surface area contributed by atoms with Crippen LogP contribution in [-0.2, 0) is 4.79 Å². The van der Waals surface area contributed by atoms with E-state index in [2.05, 4.69) is 11.4 Å². The lowest BCUT2D eigenvalue weighted by Gasteiger charge is -2.40. The average Bonchev–Trinajstić information content (AvgIpc) is 2.45. The number of allylic oxidation sites excluding steroid dienone is 2. The Hall–Kier alpha value is -2.06. The summed E-state index contributed by atoms with van der Waals surface area (Å²) in [6, 6.07) is 8.18. The minimum atomic E-state index is -0.612. The highest BCUT2D eigenvalue weighted by molar-refractivity contribution is 7.80. The molecule has 1 heterocycles. The molecule has 118 valence electrons. The van der Waals surface area contributed by atoms with Gasteiger partial charge in [-0.05, 0) is 29.5 Å². The fourth-order valence-corrected chi connectivity index (χ4v) is 3.83. The summed E-state index contributed by atoms with van der Waals surface area (Å²) in [6.07, 6.45) is 1.15. The van der Waals surface area contributed by atoms with Crippen molar-refractivity contribution in [3.05, 3.63) is 46.9 Å². The summed E-state index contributed by atoms with van der Waals surface area (Å²) in [5.41, 5.74) is 2.07. The van der Waals surface area contributed by atoms with Crippen LogP contribution >= 0.6 is 12.2 Å². The van der Waals surface area contributed by atoms with Crippen LogP contribution in [0.25, 0.3) is 0 Å². The van der Waals surface area contributed by atoms with Gasteiger partial charge in [0.25, 0.3) is 0 Å². The molecule has 0 unspecified atom stereocenters. The van der Waals surface area contributed by atoms with Crippen molar-refractivity contribution in [3.8, 4) is 6.07 Å². The fraction of sp³-hybridized carbons (Fsp3) is 0.389. The molecule has 2 aliphatic rings. The SMILES string of the molecule is CC1(C)CC(=O)C2=C(C1)NC(=S)[C@@H](C#N)[C@@H]2c1ccc(F)cc1. The van der Waals surface area contributed by atoms with Gasteiger partial charge in [-0.15, -0.1) is 0 Å². The van der Waals surface area contributed by atoms with Crippen molar-refractivity contribution in [2.24, 2.45) is 11.3 Å². The van der Waals surface area contributed by atoms with Gasteiger partial charge < -0.3 is 5.32 Å². The van der Waals surface area contributed by atoms with Gasteiger partial charge in [0.1, 0.15) is 11.7 Å². The third-order valence-corrected chi connectivity index (χ3v) is 4.85. The van der Waals surface area contributed by atoms with Gasteiger partial charge in [-0.2, -0.15) is 5.26 Å². The lowest BCUT2D eigenvalue weighted by Crippen LogP contribution is -2.44. The molecule has 0 radical (unpaired) electrons. The number of carbonyl (C=O) groups excluding carboxylic acids is 1. The first-order valence-electron chi connectivity index (χ1n) is 7.54. The summed E-state index contributed by atoms with van der Waals surface area (Å²) < 4.78 is 13.2. The van der Waals surface area contributed by atoms with Crippen LogP contribution < -0.4 is 5.32 Å². The zero-order valence-electron chi connectivity index (χ0n) is 13.0. The van der Waals surface area contributed by atoms with E-state index < -0.39 is 11.8 Å². The van der Waals surface area contributed by atoms with Crippen LogP contribution in [0.5, 0.6) is 0 Å². The molecule has 0 saturated heterocycles. The van der Waals surface area contributed by atoms with Crippen LogP contribution in [0.4, 0.5) is 4.39 Å². The number of benzene rings is 1. The van der Waals surface area contributed by atoms with Crippen molar-refractivity contribution in [1.29, 1.82) is 5.26 Å². The van der Waals surface area contributed by atoms with Gasteiger partial charge in [-0.1, -0.05) is 38.2 Å². The van der Waals surface area contributed by atoms with Crippen LogP contribution in [0, 0.1) is 28.5 Å². The molecule has 3 rings (SSSR count). The molecule has 0 aromatic heterocycles. The molecule has 0 spiro atoms. The topological polar surface area (TPSA) is 52.9 Å². The molecule has 1 aliphatic heterocycles. The highest BCUT2D eigenvalue weighted by atomic mass is 32.1. The van der Waals surface area contributed by atoms with E-state index in [1.807, 2.05) is 13.8 Å². The Labute approximate surface area is 140 Å². The third-order valence-electron chi connectivity index (χ3n) is 4.49. The number of nitrogens with zero attached hydrogens (tertiary/aromatic N) is 1. The highest BCUT2D eigenvalue weighted by Crippen LogP contribution is 2.45. The smallest absolute Gasteiger partial charge is 0.161 e. The molecule has 1 N–H and O–H groups in total. The first-order chi connectivity index (χ1) is 10.8. The maximum Gasteiger partial charge on any atom is 0.161 e. The molecular weight excluding hydrogens is 311 g/mol. The van der Waals surface area contributed by atoms with Gasteiger partial charge in [-0.25, -0.2) is 4.39 Å². The number of thiocarbonyl (C=S) groups is 1. The quantitative estimate of drug-likeness (QED) is 0.800. The Morgan fingerprint density at radius 3 is 2.57 bits per heavy atom. The van der Waals surface area contributed by atoms with E-state index in [0.717, 1.165) is 11.3 Å². The minimum absolute atomic E-state index is 0.0424. The van der Waals surface area contributed by atoms with Crippen LogP contribution in [-0.4, -0.2) is 10.8 Å². The van der Waals surface area contributed by atoms with Crippen LogP contribution in [0.2, 0.25) is 0 Å². The Morgan fingerprint density at radius 1 is 1.30 bits per heavy atom. The zero-order chi connectivity index (χ0) is 16.8. The van der Waals surface area contributed by atoms with Crippen molar-refractivity contribution >= 4 is 23.0 Å². The molecule has 0 fully saturated rings. The van der Waals surface area contributed by atoms with Crippen molar-refractivity contribution in [2.45, 2.75) is 32.6 Å². The lowest BCUT2D eigenvalue weighted by molar-refractivity contribution is -0.118. The summed E-state index contributed by atoms with van der Waals surface area (Å²) in [7, 11) is 0. The molecule has 0 amide bonds. The van der Waals surface area contributed by atoms with E-state index >= 15 is 0 Å². The van der Waals surface area contributed by atoms with Crippen LogP contribution in [0.15, 0.2) is 35.5 Å². The first-order valence-corrected chi connectivity index (χ1v) is 7.95. The average molecular weight is 328 g/mol. The molecule has 5 heteroatoms. The van der Waals surface area contributed by atoms with E-state index in [-0.39, 0.29) is 17.0 Å². The second-order valence-corrected chi connectivity index (χ2v) is 7.40. The van der Waals surface area contributed by atoms with Gasteiger partial charge in [0.05, 0.1) is 11.1 Å². The number of hydrogen-bond donors (Lipinski definition) is 1. The summed E-state index contributed by atoms with van der Waals surface area (Å²) in [5.74, 6) is -1.34. The molecule has 0 saturated carbocycles. The van der Waals surface area contributed by atoms with Gasteiger partial charge in [0, 0.05) is 23.6 Å². The van der Waals surface area contributed by atoms with Crippen LogP contribution in [0.3, 0.4) is 0 Å². The van der Waals surface area contributed by atoms with E-state index in [4.69, 9.17) is 12.2 Å². The molecular formula is C18H17FN2OS. The number of hydrogen-bond acceptors (Lipinski definition) is 3. The number of nitrogens with one attached hydrogen (secondary N) is 1. The third kappa shape index (κ3) is 2.79. The molecule has 0 bridgehead atoms. The number of halogens is 1. The highest BCUT2D eigenvalue weighted by Gasteiger charge is 2.44. The largest absolute Gasteiger partial charge is 0.352 e. The molecule has 1 aromatic carbocycles. The molecule has 3 nitrogen and oxygen atoms in total. The predicted molar refractivity (Wildman–Crippen MR) is 89.0 cm³/mol. The molecule has 1 aliphatic carbocycles. The van der Waals surface area contributed by atoms with E-state index in [1.54, 1.807) is 12.1 Å². The van der Waals surface area contributed by atoms with Gasteiger partial charge in [-0.3, -0.25) is 4.79 Å². The normalized spacial score (nSPS) is 26.3. The Bertz CT molecular complexity index is 758. The van der Waals surface area contributed by atoms with Crippen molar-refractivity contribution in [2.75, 3.05) is 0 Å². The monoisotopic (exact) mass is 328 g/mol. The first kappa shape index (κ1) is 15.8. The summed E-state index contributed by atoms with van der Waals surface area (Å²) in [5, 5.41) is 12.7. The van der Waals surface area contributed by atoms with E-state index in [1.165, 1.54) is 12.1 Å². The van der Waals surface area contributed by atoms with Crippen molar-refractivity contribution in [3.63, 3.8) is 0 Å². The lowest BCUT2D eigenvalue weighted by atomic mass is 9.67. The van der Waals surface area contributed by atoms with E-state index in [9.17, 15) is 14.4 Å². The maximum atomic E-state index is 13.2.